The van der Waals surface area contributed by atoms with Gasteiger partial charge in [0.2, 0.25) is 0 Å². The summed E-state index contributed by atoms with van der Waals surface area (Å²) in [5, 5.41) is 0. The van der Waals surface area contributed by atoms with Gasteiger partial charge < -0.3 is 13.8 Å². The molecule has 0 aliphatic heterocycles. The maximum Gasteiger partial charge on any atom is 0.341 e. The number of carbonyl (C=O) groups is 1. The first kappa shape index (κ1) is 14.1. The van der Waals surface area contributed by atoms with Gasteiger partial charge in [0.15, 0.2) is 0 Å². The highest BCUT2D eigenvalue weighted by atomic mass is 32.5. The third-order valence-electron chi connectivity index (χ3n) is 1.83. The van der Waals surface area contributed by atoms with Crippen molar-refractivity contribution in [3.63, 3.8) is 0 Å². The highest BCUT2D eigenvalue weighted by Gasteiger charge is 2.19. The molecule has 1 unspecified atom stereocenters. The first-order chi connectivity index (χ1) is 8.00. The van der Waals surface area contributed by atoms with Crippen LogP contribution in [-0.4, -0.2) is 19.7 Å². The fraction of sp³-hybridized carbons (Fsp3) is 0.300. The normalized spacial score (nSPS) is 13.8. The zero-order valence-corrected chi connectivity index (χ0v) is 11.3. The van der Waals surface area contributed by atoms with Crippen LogP contribution in [0.4, 0.5) is 0 Å². The summed E-state index contributed by atoms with van der Waals surface area (Å²) >= 11 is 5.00. The molecule has 17 heavy (non-hydrogen) atoms. The van der Waals surface area contributed by atoms with Crippen LogP contribution in [0.25, 0.3) is 0 Å². The van der Waals surface area contributed by atoms with E-state index in [1.165, 1.54) is 7.11 Å². The van der Waals surface area contributed by atoms with E-state index < -0.39 is 12.6 Å². The number of hydrogen-bond donors (Lipinski definition) is 1. The Bertz CT molecular complexity index is 452. The molecular formula is C10H14NO4PS. The van der Waals surface area contributed by atoms with Crippen molar-refractivity contribution in [3.05, 3.63) is 29.8 Å². The SMILES string of the molecule is CCOP(N)(=S)Oc1ccccc1C(=O)OC. The van der Waals surface area contributed by atoms with Gasteiger partial charge in [-0.2, -0.15) is 0 Å². The Morgan fingerprint density at radius 1 is 1.47 bits per heavy atom. The molecule has 0 aromatic heterocycles. The second-order valence-corrected chi connectivity index (χ2v) is 6.08. The van der Waals surface area contributed by atoms with Crippen molar-refractivity contribution in [2.45, 2.75) is 6.92 Å². The number of ether oxygens (including phenoxy) is 1. The van der Waals surface area contributed by atoms with E-state index in [-0.39, 0.29) is 11.3 Å². The zero-order valence-electron chi connectivity index (χ0n) is 9.58. The van der Waals surface area contributed by atoms with Crippen LogP contribution in [0.1, 0.15) is 17.3 Å². The van der Waals surface area contributed by atoms with E-state index in [1.54, 1.807) is 31.2 Å². The molecule has 0 amide bonds. The summed E-state index contributed by atoms with van der Waals surface area (Å²) in [6.07, 6.45) is 0. The van der Waals surface area contributed by atoms with E-state index in [4.69, 9.17) is 26.4 Å². The van der Waals surface area contributed by atoms with Gasteiger partial charge in [0.05, 0.1) is 13.7 Å². The average Bonchev–Trinajstić information content (AvgIpc) is 2.28. The summed E-state index contributed by atoms with van der Waals surface area (Å²) < 4.78 is 15.1. The lowest BCUT2D eigenvalue weighted by atomic mass is 10.2. The number of para-hydroxylation sites is 1. The topological polar surface area (TPSA) is 70.8 Å². The molecule has 0 saturated heterocycles. The number of nitrogens with two attached hydrogens (primary N) is 1. The predicted octanol–water partition coefficient (Wildman–Crippen LogP) is 2.07. The highest BCUT2D eigenvalue weighted by Crippen LogP contribution is 2.41. The predicted molar refractivity (Wildman–Crippen MR) is 68.5 cm³/mol. The minimum Gasteiger partial charge on any atom is -0.465 e. The van der Waals surface area contributed by atoms with Gasteiger partial charge >= 0.3 is 12.6 Å². The fourth-order valence-electron chi connectivity index (χ4n) is 1.17. The molecule has 0 bridgehead atoms. The number of benzene rings is 1. The van der Waals surface area contributed by atoms with Gasteiger partial charge in [0.1, 0.15) is 11.3 Å². The molecule has 1 aromatic carbocycles. The molecule has 0 heterocycles. The van der Waals surface area contributed by atoms with Gasteiger partial charge in [-0.3, -0.25) is 0 Å². The van der Waals surface area contributed by atoms with Crippen molar-refractivity contribution in [1.29, 1.82) is 0 Å². The van der Waals surface area contributed by atoms with E-state index in [0.717, 1.165) is 0 Å². The lowest BCUT2D eigenvalue weighted by Gasteiger charge is -2.18. The van der Waals surface area contributed by atoms with Crippen molar-refractivity contribution in [2.75, 3.05) is 13.7 Å². The summed E-state index contributed by atoms with van der Waals surface area (Å²) in [7, 11) is 1.29. The van der Waals surface area contributed by atoms with Crippen LogP contribution in [0.5, 0.6) is 5.75 Å². The Balaban J connectivity index is 2.98. The van der Waals surface area contributed by atoms with E-state index in [9.17, 15) is 4.79 Å². The molecule has 0 aliphatic rings. The van der Waals surface area contributed by atoms with Gasteiger partial charge in [-0.05, 0) is 30.9 Å². The Hall–Kier alpha value is -0.940. The maximum atomic E-state index is 11.5. The molecule has 94 valence electrons. The minimum absolute atomic E-state index is 0.273. The smallest absolute Gasteiger partial charge is 0.341 e. The van der Waals surface area contributed by atoms with Crippen LogP contribution in [0, 0.1) is 0 Å². The van der Waals surface area contributed by atoms with E-state index in [0.29, 0.717) is 6.61 Å². The van der Waals surface area contributed by atoms with E-state index in [1.807, 2.05) is 0 Å². The van der Waals surface area contributed by atoms with Crippen molar-refractivity contribution in [2.24, 2.45) is 5.50 Å². The Morgan fingerprint density at radius 2 is 2.12 bits per heavy atom. The third-order valence-corrected chi connectivity index (χ3v) is 3.44. The molecule has 1 atom stereocenters. The third kappa shape index (κ3) is 4.09. The highest BCUT2D eigenvalue weighted by molar-refractivity contribution is 8.09. The molecule has 0 spiro atoms. The number of esters is 1. The number of methoxy groups -OCH3 is 1. The molecule has 0 aliphatic carbocycles. The molecule has 0 saturated carbocycles. The van der Waals surface area contributed by atoms with Crippen LogP contribution >= 0.6 is 6.64 Å². The van der Waals surface area contributed by atoms with Crippen LogP contribution in [0.15, 0.2) is 24.3 Å². The van der Waals surface area contributed by atoms with Crippen LogP contribution in [0.2, 0.25) is 0 Å². The van der Waals surface area contributed by atoms with Crippen molar-refractivity contribution in [3.8, 4) is 5.75 Å². The minimum atomic E-state index is -2.87. The molecule has 0 radical (unpaired) electrons. The molecule has 0 fully saturated rings. The summed E-state index contributed by atoms with van der Waals surface area (Å²) in [5.41, 5.74) is 5.97. The first-order valence-corrected chi connectivity index (χ1v) is 7.61. The van der Waals surface area contributed by atoms with Gasteiger partial charge in [0.25, 0.3) is 0 Å². The van der Waals surface area contributed by atoms with Crippen LogP contribution < -0.4 is 10.0 Å². The number of rotatable bonds is 5. The summed E-state index contributed by atoms with van der Waals surface area (Å²) in [6, 6.07) is 6.57. The first-order valence-electron chi connectivity index (χ1n) is 4.90. The summed E-state index contributed by atoms with van der Waals surface area (Å²) in [5.74, 6) is -0.231. The molecule has 2 N–H and O–H groups in total. The van der Waals surface area contributed by atoms with Gasteiger partial charge in [0, 0.05) is 0 Å². The summed E-state index contributed by atoms with van der Waals surface area (Å²) in [6.45, 7) is -0.743. The Kier molecular flexibility index (Phi) is 5.08. The van der Waals surface area contributed by atoms with Gasteiger partial charge in [-0.15, -0.1) is 0 Å². The summed E-state index contributed by atoms with van der Waals surface area (Å²) in [4.78, 5) is 11.5. The Morgan fingerprint density at radius 3 is 2.71 bits per heavy atom. The van der Waals surface area contributed by atoms with E-state index >= 15 is 0 Å². The van der Waals surface area contributed by atoms with Crippen molar-refractivity contribution in [1.82, 2.24) is 0 Å². The van der Waals surface area contributed by atoms with Gasteiger partial charge in [-0.25, -0.2) is 10.3 Å². The van der Waals surface area contributed by atoms with Crippen molar-refractivity contribution < 1.29 is 18.6 Å². The molecular weight excluding hydrogens is 261 g/mol. The monoisotopic (exact) mass is 275 g/mol. The van der Waals surface area contributed by atoms with E-state index in [2.05, 4.69) is 4.74 Å². The number of hydrogen-bond acceptors (Lipinski definition) is 5. The Labute approximate surface area is 105 Å². The molecule has 5 nitrogen and oxygen atoms in total. The average molecular weight is 275 g/mol. The fourth-order valence-corrected chi connectivity index (χ4v) is 2.57. The number of carbonyl (C=O) groups excluding carboxylic acids is 1. The molecule has 7 heteroatoms. The second-order valence-electron chi connectivity index (χ2n) is 3.04. The quantitative estimate of drug-likeness (QED) is 0.655. The van der Waals surface area contributed by atoms with Crippen LogP contribution in [-0.2, 0) is 21.1 Å². The second kappa shape index (κ2) is 6.12. The lowest BCUT2D eigenvalue weighted by molar-refractivity contribution is 0.0598. The molecule has 1 aromatic rings. The largest absolute Gasteiger partial charge is 0.465 e. The lowest BCUT2D eigenvalue weighted by Crippen LogP contribution is -2.09. The van der Waals surface area contributed by atoms with Gasteiger partial charge in [-0.1, -0.05) is 12.1 Å². The van der Waals surface area contributed by atoms with Crippen LogP contribution in [0.3, 0.4) is 0 Å². The maximum absolute atomic E-state index is 11.5. The molecule has 1 rings (SSSR count). The zero-order chi connectivity index (χ0) is 12.9. The standard InChI is InChI=1S/C10H14NO4PS/c1-3-14-16(11,17)15-9-7-5-4-6-8(9)10(12)13-2/h4-7H,3H2,1-2H3,(H2,11,17). The van der Waals surface area contributed by atoms with Crippen molar-refractivity contribution >= 4 is 24.4 Å².